The van der Waals surface area contributed by atoms with Gasteiger partial charge >= 0.3 is 0 Å². The molecule has 1 aliphatic rings. The molecule has 0 spiro atoms. The third-order valence-corrected chi connectivity index (χ3v) is 5.16. The van der Waals surface area contributed by atoms with Crippen LogP contribution >= 0.6 is 0 Å². The summed E-state index contributed by atoms with van der Waals surface area (Å²) in [7, 11) is 2.04. The zero-order valence-electron chi connectivity index (χ0n) is 15.8. The lowest BCUT2D eigenvalue weighted by Crippen LogP contribution is -2.36. The van der Waals surface area contributed by atoms with Gasteiger partial charge in [-0.05, 0) is 25.1 Å². The lowest BCUT2D eigenvalue weighted by atomic mass is 9.95. The standard InChI is InChI=1S/C21H27N5O/c1-3-16(17-7-5-4-6-8-17)13-21(27)26-12-10-18(14-26)25(2)15-20-23-11-9-19(22)24-20/h3-9,11,16,18H,1,10,12-15H2,2H3,(H2,22,23,24)/t16-,18+/m1/s1. The van der Waals surface area contributed by atoms with Crippen molar-refractivity contribution in [3.05, 3.63) is 66.6 Å². The van der Waals surface area contributed by atoms with Crippen LogP contribution in [0.1, 0.15) is 30.1 Å². The van der Waals surface area contributed by atoms with Crippen molar-refractivity contribution in [2.45, 2.75) is 31.3 Å². The fraction of sp³-hybridized carbons (Fsp3) is 0.381. The number of likely N-dealkylation sites (N-methyl/N-ethyl adjacent to an activating group) is 1. The molecule has 3 rings (SSSR count). The first-order chi connectivity index (χ1) is 13.1. The topological polar surface area (TPSA) is 75.4 Å². The van der Waals surface area contributed by atoms with Crippen LogP contribution in [0, 0.1) is 0 Å². The zero-order chi connectivity index (χ0) is 19.2. The van der Waals surface area contributed by atoms with E-state index in [1.54, 1.807) is 12.3 Å². The Morgan fingerprint density at radius 3 is 2.89 bits per heavy atom. The van der Waals surface area contributed by atoms with Gasteiger partial charge in [0, 0.05) is 37.7 Å². The minimum Gasteiger partial charge on any atom is -0.384 e. The number of anilines is 1. The first-order valence-electron chi connectivity index (χ1n) is 9.29. The van der Waals surface area contributed by atoms with Gasteiger partial charge in [-0.15, -0.1) is 6.58 Å². The SMILES string of the molecule is C=C[C@H](CC(=O)N1CC[C@H](N(C)Cc2nccc(N)n2)C1)c1ccccc1. The lowest BCUT2D eigenvalue weighted by molar-refractivity contribution is -0.130. The summed E-state index contributed by atoms with van der Waals surface area (Å²) >= 11 is 0. The molecule has 0 bridgehead atoms. The highest BCUT2D eigenvalue weighted by molar-refractivity contribution is 5.77. The zero-order valence-corrected chi connectivity index (χ0v) is 15.8. The highest BCUT2D eigenvalue weighted by Gasteiger charge is 2.30. The summed E-state index contributed by atoms with van der Waals surface area (Å²) in [6.45, 7) is 6.05. The first kappa shape index (κ1) is 19.0. The number of aromatic nitrogens is 2. The molecule has 0 radical (unpaired) electrons. The van der Waals surface area contributed by atoms with Gasteiger partial charge in [0.05, 0.1) is 6.54 Å². The molecule has 0 unspecified atom stereocenters. The van der Waals surface area contributed by atoms with Crippen molar-refractivity contribution in [1.82, 2.24) is 19.8 Å². The average molecular weight is 365 g/mol. The van der Waals surface area contributed by atoms with Crippen molar-refractivity contribution in [2.24, 2.45) is 0 Å². The van der Waals surface area contributed by atoms with Gasteiger partial charge in [0.15, 0.2) is 0 Å². The van der Waals surface area contributed by atoms with Crippen LogP contribution in [0.4, 0.5) is 5.82 Å². The number of nitrogens with two attached hydrogens (primary N) is 1. The van der Waals surface area contributed by atoms with Crippen LogP contribution in [0.3, 0.4) is 0 Å². The lowest BCUT2D eigenvalue weighted by Gasteiger charge is -2.24. The predicted octanol–water partition coefficient (Wildman–Crippen LogP) is 2.45. The van der Waals surface area contributed by atoms with Gasteiger partial charge in [-0.25, -0.2) is 9.97 Å². The molecule has 1 fully saturated rings. The largest absolute Gasteiger partial charge is 0.384 e. The van der Waals surface area contributed by atoms with E-state index in [9.17, 15) is 4.79 Å². The monoisotopic (exact) mass is 365 g/mol. The van der Waals surface area contributed by atoms with Gasteiger partial charge in [-0.1, -0.05) is 36.4 Å². The van der Waals surface area contributed by atoms with Gasteiger partial charge < -0.3 is 10.6 Å². The van der Waals surface area contributed by atoms with E-state index >= 15 is 0 Å². The number of rotatable bonds is 7. The molecule has 2 atom stereocenters. The molecular weight excluding hydrogens is 338 g/mol. The average Bonchev–Trinajstić information content (AvgIpc) is 3.17. The number of nitrogen functional groups attached to an aromatic ring is 1. The summed E-state index contributed by atoms with van der Waals surface area (Å²) in [5.74, 6) is 1.42. The van der Waals surface area contributed by atoms with Gasteiger partial charge in [0.2, 0.25) is 5.91 Å². The molecule has 2 aromatic rings. The second kappa shape index (κ2) is 8.77. The highest BCUT2D eigenvalue weighted by atomic mass is 16.2. The molecule has 142 valence electrons. The van der Waals surface area contributed by atoms with Gasteiger partial charge in [-0.3, -0.25) is 9.69 Å². The number of carbonyl (C=O) groups excluding carboxylic acids is 1. The third-order valence-electron chi connectivity index (χ3n) is 5.16. The summed E-state index contributed by atoms with van der Waals surface area (Å²) in [4.78, 5) is 25.5. The number of amides is 1. The molecule has 0 saturated carbocycles. The number of allylic oxidation sites excluding steroid dienone is 1. The van der Waals surface area contributed by atoms with E-state index in [0.717, 1.165) is 25.1 Å². The Hall–Kier alpha value is -2.73. The number of carbonyl (C=O) groups is 1. The van der Waals surface area contributed by atoms with E-state index in [1.165, 1.54) is 0 Å². The number of hydrogen-bond donors (Lipinski definition) is 1. The second-order valence-electron chi connectivity index (χ2n) is 7.05. The summed E-state index contributed by atoms with van der Waals surface area (Å²) in [6, 6.07) is 12.1. The molecule has 27 heavy (non-hydrogen) atoms. The maximum Gasteiger partial charge on any atom is 0.223 e. The Labute approximate surface area is 160 Å². The third kappa shape index (κ3) is 4.92. The predicted molar refractivity (Wildman–Crippen MR) is 107 cm³/mol. The van der Waals surface area contributed by atoms with Crippen LogP contribution in [0.25, 0.3) is 0 Å². The van der Waals surface area contributed by atoms with E-state index in [2.05, 4.69) is 21.4 Å². The molecule has 1 aromatic carbocycles. The van der Waals surface area contributed by atoms with Crippen LogP contribution in [-0.2, 0) is 11.3 Å². The molecule has 2 N–H and O–H groups in total. The maximum absolute atomic E-state index is 12.8. The van der Waals surface area contributed by atoms with Gasteiger partial charge in [-0.2, -0.15) is 0 Å². The van der Waals surface area contributed by atoms with E-state index in [4.69, 9.17) is 5.73 Å². The van der Waals surface area contributed by atoms with Crippen LogP contribution < -0.4 is 5.73 Å². The molecule has 6 nitrogen and oxygen atoms in total. The van der Waals surface area contributed by atoms with Crippen molar-refractivity contribution < 1.29 is 4.79 Å². The normalized spacial score (nSPS) is 17.9. The Kier molecular flexibility index (Phi) is 6.19. The van der Waals surface area contributed by atoms with Crippen LogP contribution in [-0.4, -0.2) is 51.9 Å². The van der Waals surface area contributed by atoms with E-state index < -0.39 is 0 Å². The Bertz CT molecular complexity index is 779. The van der Waals surface area contributed by atoms with Crippen molar-refractivity contribution in [1.29, 1.82) is 0 Å². The molecule has 1 aliphatic heterocycles. The van der Waals surface area contributed by atoms with Gasteiger partial charge in [0.1, 0.15) is 11.6 Å². The van der Waals surface area contributed by atoms with E-state index in [1.807, 2.05) is 48.4 Å². The summed E-state index contributed by atoms with van der Waals surface area (Å²) in [5.41, 5.74) is 6.86. The smallest absolute Gasteiger partial charge is 0.223 e. The molecule has 6 heteroatoms. The van der Waals surface area contributed by atoms with Crippen molar-refractivity contribution >= 4 is 11.7 Å². The Balaban J connectivity index is 1.55. The quantitative estimate of drug-likeness (QED) is 0.763. The van der Waals surface area contributed by atoms with Crippen LogP contribution in [0.5, 0.6) is 0 Å². The van der Waals surface area contributed by atoms with E-state index in [0.29, 0.717) is 30.6 Å². The Morgan fingerprint density at radius 1 is 1.41 bits per heavy atom. The summed E-state index contributed by atoms with van der Waals surface area (Å²) in [6.07, 6.45) is 4.95. The fourth-order valence-electron chi connectivity index (χ4n) is 3.53. The van der Waals surface area contributed by atoms with E-state index in [-0.39, 0.29) is 11.8 Å². The molecule has 2 heterocycles. The minimum absolute atomic E-state index is 0.0520. The van der Waals surface area contributed by atoms with Crippen LogP contribution in [0.15, 0.2) is 55.3 Å². The highest BCUT2D eigenvalue weighted by Crippen LogP contribution is 2.24. The fourth-order valence-corrected chi connectivity index (χ4v) is 3.53. The number of benzene rings is 1. The number of nitrogens with zero attached hydrogens (tertiary/aromatic N) is 4. The maximum atomic E-state index is 12.8. The van der Waals surface area contributed by atoms with Crippen molar-refractivity contribution in [3.8, 4) is 0 Å². The number of likely N-dealkylation sites (tertiary alicyclic amines) is 1. The summed E-state index contributed by atoms with van der Waals surface area (Å²) in [5, 5.41) is 0. The molecule has 1 amide bonds. The van der Waals surface area contributed by atoms with Crippen molar-refractivity contribution in [2.75, 3.05) is 25.9 Å². The Morgan fingerprint density at radius 2 is 2.19 bits per heavy atom. The second-order valence-corrected chi connectivity index (χ2v) is 7.05. The first-order valence-corrected chi connectivity index (χ1v) is 9.29. The number of hydrogen-bond acceptors (Lipinski definition) is 5. The minimum atomic E-state index is 0.0520. The molecule has 0 aliphatic carbocycles. The van der Waals surface area contributed by atoms with Crippen LogP contribution in [0.2, 0.25) is 0 Å². The van der Waals surface area contributed by atoms with Crippen molar-refractivity contribution in [3.63, 3.8) is 0 Å². The summed E-state index contributed by atoms with van der Waals surface area (Å²) < 4.78 is 0. The molecule has 1 aromatic heterocycles. The molecular formula is C21H27N5O. The van der Waals surface area contributed by atoms with Gasteiger partial charge in [0.25, 0.3) is 0 Å². The molecule has 1 saturated heterocycles.